The van der Waals surface area contributed by atoms with E-state index in [9.17, 15) is 9.90 Å². The van der Waals surface area contributed by atoms with Gasteiger partial charge in [-0.25, -0.2) is 0 Å². The highest BCUT2D eigenvalue weighted by molar-refractivity contribution is 5.89. The van der Waals surface area contributed by atoms with Crippen LogP contribution in [-0.2, 0) is 4.79 Å². The Morgan fingerprint density at radius 3 is 2.67 bits per heavy atom. The Morgan fingerprint density at radius 1 is 1.28 bits per heavy atom. The van der Waals surface area contributed by atoms with Crippen molar-refractivity contribution in [2.75, 3.05) is 7.11 Å². The number of aliphatic hydroxyl groups excluding tert-OH is 1. The maximum Gasteiger partial charge on any atom is 0.132 e. The van der Waals surface area contributed by atoms with E-state index in [0.717, 1.165) is 10.8 Å². The number of carbonyl (C=O) groups excluding carboxylic acids is 1. The van der Waals surface area contributed by atoms with Gasteiger partial charge in [-0.15, -0.1) is 0 Å². The Bertz CT molecular complexity index is 575. The molecule has 3 heteroatoms. The minimum absolute atomic E-state index is 0.0440. The summed E-state index contributed by atoms with van der Waals surface area (Å²) in [7, 11) is 1.56. The molecule has 2 rings (SSSR count). The molecule has 1 atom stereocenters. The van der Waals surface area contributed by atoms with Crippen molar-refractivity contribution >= 4 is 16.6 Å². The molecule has 0 spiro atoms. The van der Waals surface area contributed by atoms with Gasteiger partial charge in [-0.2, -0.15) is 0 Å². The van der Waals surface area contributed by atoms with Crippen molar-refractivity contribution in [3.8, 4) is 5.75 Å². The zero-order valence-electron chi connectivity index (χ0n) is 10.5. The molecular formula is C15H16O3. The molecule has 0 fully saturated rings. The van der Waals surface area contributed by atoms with E-state index < -0.39 is 6.10 Å². The summed E-state index contributed by atoms with van der Waals surface area (Å²) < 4.78 is 5.28. The third kappa shape index (κ3) is 2.36. The molecule has 0 saturated heterocycles. The maximum absolute atomic E-state index is 11.2. The van der Waals surface area contributed by atoms with Gasteiger partial charge in [0.2, 0.25) is 0 Å². The largest absolute Gasteiger partial charge is 0.496 e. The average molecular weight is 244 g/mol. The topological polar surface area (TPSA) is 46.5 Å². The van der Waals surface area contributed by atoms with Crippen LogP contribution in [-0.4, -0.2) is 18.0 Å². The normalized spacial score (nSPS) is 12.4. The standard InChI is InChI=1S/C15H16O3/c1-10(16)9-13(17)15-12-6-4-3-5-11(12)7-8-14(15)18-2/h3-8,13,17H,9H2,1-2H3/t13-/m1/s1. The Hall–Kier alpha value is -1.87. The second-order valence-electron chi connectivity index (χ2n) is 4.32. The van der Waals surface area contributed by atoms with Gasteiger partial charge in [-0.05, 0) is 23.8 Å². The molecule has 0 heterocycles. The van der Waals surface area contributed by atoms with Crippen LogP contribution in [0.5, 0.6) is 5.75 Å². The highest BCUT2D eigenvalue weighted by Crippen LogP contribution is 2.34. The summed E-state index contributed by atoms with van der Waals surface area (Å²) in [5, 5.41) is 12.1. The molecule has 0 bridgehead atoms. The fourth-order valence-electron chi connectivity index (χ4n) is 2.17. The van der Waals surface area contributed by atoms with E-state index in [1.807, 2.05) is 36.4 Å². The second kappa shape index (κ2) is 5.19. The third-order valence-electron chi connectivity index (χ3n) is 2.96. The summed E-state index contributed by atoms with van der Waals surface area (Å²) in [6.45, 7) is 1.47. The molecule has 0 radical (unpaired) electrons. The molecule has 0 aliphatic heterocycles. The van der Waals surface area contributed by atoms with E-state index in [-0.39, 0.29) is 12.2 Å². The zero-order chi connectivity index (χ0) is 13.1. The summed E-state index contributed by atoms with van der Waals surface area (Å²) >= 11 is 0. The molecule has 0 saturated carbocycles. The van der Waals surface area contributed by atoms with Crippen LogP contribution in [0.15, 0.2) is 36.4 Å². The number of hydrogen-bond donors (Lipinski definition) is 1. The summed E-state index contributed by atoms with van der Waals surface area (Å²) in [4.78, 5) is 11.2. The van der Waals surface area contributed by atoms with Gasteiger partial charge in [0.15, 0.2) is 0 Å². The lowest BCUT2D eigenvalue weighted by atomic mass is 9.96. The van der Waals surface area contributed by atoms with Gasteiger partial charge in [-0.3, -0.25) is 4.79 Å². The minimum atomic E-state index is -0.830. The van der Waals surface area contributed by atoms with Crippen molar-refractivity contribution in [1.29, 1.82) is 0 Å². The number of carbonyl (C=O) groups is 1. The lowest BCUT2D eigenvalue weighted by molar-refractivity contribution is -0.118. The number of rotatable bonds is 4. The van der Waals surface area contributed by atoms with Crippen LogP contribution in [0, 0.1) is 0 Å². The van der Waals surface area contributed by atoms with Gasteiger partial charge < -0.3 is 9.84 Å². The first-order valence-corrected chi connectivity index (χ1v) is 5.86. The van der Waals surface area contributed by atoms with Gasteiger partial charge in [0.1, 0.15) is 11.5 Å². The van der Waals surface area contributed by atoms with E-state index >= 15 is 0 Å². The predicted octanol–water partition coefficient (Wildman–Crippen LogP) is 2.86. The zero-order valence-corrected chi connectivity index (χ0v) is 10.5. The number of hydrogen-bond acceptors (Lipinski definition) is 3. The summed E-state index contributed by atoms with van der Waals surface area (Å²) in [5.74, 6) is 0.569. The Kier molecular flexibility index (Phi) is 3.63. The van der Waals surface area contributed by atoms with Crippen LogP contribution >= 0.6 is 0 Å². The summed E-state index contributed by atoms with van der Waals surface area (Å²) in [5.41, 5.74) is 0.686. The Labute approximate surface area is 106 Å². The van der Waals surface area contributed by atoms with Crippen molar-refractivity contribution in [3.63, 3.8) is 0 Å². The SMILES string of the molecule is COc1ccc2ccccc2c1[C@H](O)CC(C)=O. The number of ether oxygens (including phenoxy) is 1. The van der Waals surface area contributed by atoms with Crippen molar-refractivity contribution in [3.05, 3.63) is 42.0 Å². The van der Waals surface area contributed by atoms with Gasteiger partial charge >= 0.3 is 0 Å². The molecular weight excluding hydrogens is 228 g/mol. The number of ketones is 1. The summed E-state index contributed by atoms with van der Waals surface area (Å²) in [6, 6.07) is 11.5. The predicted molar refractivity (Wildman–Crippen MR) is 70.8 cm³/mol. The van der Waals surface area contributed by atoms with Crippen LogP contribution in [0.2, 0.25) is 0 Å². The van der Waals surface area contributed by atoms with Crippen LogP contribution in [0.3, 0.4) is 0 Å². The number of fused-ring (bicyclic) bond motifs is 1. The van der Waals surface area contributed by atoms with Crippen molar-refractivity contribution in [2.24, 2.45) is 0 Å². The van der Waals surface area contributed by atoms with E-state index in [0.29, 0.717) is 11.3 Å². The lowest BCUT2D eigenvalue weighted by Gasteiger charge is -2.16. The molecule has 0 aliphatic carbocycles. The van der Waals surface area contributed by atoms with Crippen molar-refractivity contribution < 1.29 is 14.6 Å². The highest BCUT2D eigenvalue weighted by atomic mass is 16.5. The molecule has 0 amide bonds. The summed E-state index contributed by atoms with van der Waals surface area (Å²) in [6.07, 6.45) is -0.728. The number of Topliss-reactive ketones (excluding diaryl/α,β-unsaturated/α-hetero) is 1. The fourth-order valence-corrected chi connectivity index (χ4v) is 2.17. The van der Waals surface area contributed by atoms with E-state index in [1.54, 1.807) is 7.11 Å². The van der Waals surface area contributed by atoms with E-state index in [1.165, 1.54) is 6.92 Å². The lowest BCUT2D eigenvalue weighted by Crippen LogP contribution is -2.06. The van der Waals surface area contributed by atoms with Crippen LogP contribution in [0.4, 0.5) is 0 Å². The number of benzene rings is 2. The van der Waals surface area contributed by atoms with Crippen molar-refractivity contribution in [1.82, 2.24) is 0 Å². The molecule has 0 unspecified atom stereocenters. The molecule has 1 N–H and O–H groups in total. The fraction of sp³-hybridized carbons (Fsp3) is 0.267. The first kappa shape index (κ1) is 12.6. The molecule has 0 aliphatic rings. The van der Waals surface area contributed by atoms with Crippen LogP contribution < -0.4 is 4.74 Å². The van der Waals surface area contributed by atoms with E-state index in [4.69, 9.17) is 4.74 Å². The quantitative estimate of drug-likeness (QED) is 0.899. The van der Waals surface area contributed by atoms with Gasteiger partial charge in [0, 0.05) is 12.0 Å². The van der Waals surface area contributed by atoms with Crippen LogP contribution in [0.1, 0.15) is 25.0 Å². The van der Waals surface area contributed by atoms with E-state index in [2.05, 4.69) is 0 Å². The third-order valence-corrected chi connectivity index (χ3v) is 2.96. The van der Waals surface area contributed by atoms with Gasteiger partial charge in [0.05, 0.1) is 13.2 Å². The van der Waals surface area contributed by atoms with Crippen LogP contribution in [0.25, 0.3) is 10.8 Å². The minimum Gasteiger partial charge on any atom is -0.496 e. The second-order valence-corrected chi connectivity index (χ2v) is 4.32. The Balaban J connectivity index is 2.60. The smallest absolute Gasteiger partial charge is 0.132 e. The van der Waals surface area contributed by atoms with Crippen molar-refractivity contribution in [2.45, 2.75) is 19.4 Å². The Morgan fingerprint density at radius 2 is 2.00 bits per heavy atom. The number of methoxy groups -OCH3 is 1. The molecule has 94 valence electrons. The molecule has 18 heavy (non-hydrogen) atoms. The maximum atomic E-state index is 11.2. The number of aliphatic hydroxyl groups is 1. The molecule has 3 nitrogen and oxygen atoms in total. The first-order valence-electron chi connectivity index (χ1n) is 5.86. The average Bonchev–Trinajstić information content (AvgIpc) is 2.36. The molecule has 2 aromatic rings. The highest BCUT2D eigenvalue weighted by Gasteiger charge is 2.18. The molecule has 0 aromatic heterocycles. The molecule has 2 aromatic carbocycles. The first-order chi connectivity index (χ1) is 8.63. The van der Waals surface area contributed by atoms with Gasteiger partial charge in [0.25, 0.3) is 0 Å². The monoisotopic (exact) mass is 244 g/mol. The van der Waals surface area contributed by atoms with Gasteiger partial charge in [-0.1, -0.05) is 30.3 Å².